The SMILES string of the molecule is Cc1cc(CN[C@H](CCO)c2ccccc2)c(C)o1. The molecule has 0 radical (unpaired) electrons. The van der Waals surface area contributed by atoms with Crippen LogP contribution in [-0.4, -0.2) is 11.7 Å². The first-order valence-corrected chi connectivity index (χ1v) is 6.66. The molecule has 0 fully saturated rings. The molecule has 1 atom stereocenters. The van der Waals surface area contributed by atoms with Crippen LogP contribution in [0.1, 0.15) is 35.1 Å². The Morgan fingerprint density at radius 2 is 1.95 bits per heavy atom. The number of rotatable bonds is 6. The van der Waals surface area contributed by atoms with Crippen molar-refractivity contribution in [1.29, 1.82) is 0 Å². The van der Waals surface area contributed by atoms with Crippen LogP contribution in [0.4, 0.5) is 0 Å². The van der Waals surface area contributed by atoms with Crippen LogP contribution in [0.15, 0.2) is 40.8 Å². The maximum Gasteiger partial charge on any atom is 0.105 e. The third-order valence-electron chi connectivity index (χ3n) is 3.30. The molecule has 1 aromatic heterocycles. The Bertz CT molecular complexity index is 505. The van der Waals surface area contributed by atoms with Crippen molar-refractivity contribution < 1.29 is 9.52 Å². The van der Waals surface area contributed by atoms with Crippen molar-refractivity contribution in [2.45, 2.75) is 32.9 Å². The summed E-state index contributed by atoms with van der Waals surface area (Å²) in [5.41, 5.74) is 2.38. The molecule has 2 N–H and O–H groups in total. The van der Waals surface area contributed by atoms with Gasteiger partial charge >= 0.3 is 0 Å². The van der Waals surface area contributed by atoms with E-state index < -0.39 is 0 Å². The topological polar surface area (TPSA) is 45.4 Å². The largest absolute Gasteiger partial charge is 0.466 e. The summed E-state index contributed by atoms with van der Waals surface area (Å²) in [7, 11) is 0. The van der Waals surface area contributed by atoms with Crippen LogP contribution < -0.4 is 5.32 Å². The molecule has 19 heavy (non-hydrogen) atoms. The third kappa shape index (κ3) is 3.69. The molecular weight excluding hydrogens is 238 g/mol. The Balaban J connectivity index is 2.03. The summed E-state index contributed by atoms with van der Waals surface area (Å²) < 4.78 is 5.52. The van der Waals surface area contributed by atoms with E-state index in [4.69, 9.17) is 4.42 Å². The van der Waals surface area contributed by atoms with Crippen LogP contribution in [-0.2, 0) is 6.54 Å². The monoisotopic (exact) mass is 259 g/mol. The van der Waals surface area contributed by atoms with Gasteiger partial charge in [-0.15, -0.1) is 0 Å². The van der Waals surface area contributed by atoms with Crippen molar-refractivity contribution in [3.8, 4) is 0 Å². The van der Waals surface area contributed by atoms with Crippen LogP contribution in [0.25, 0.3) is 0 Å². The molecule has 0 saturated carbocycles. The lowest BCUT2D eigenvalue weighted by molar-refractivity contribution is 0.265. The number of furan rings is 1. The van der Waals surface area contributed by atoms with Gasteiger partial charge in [-0.2, -0.15) is 0 Å². The van der Waals surface area contributed by atoms with Gasteiger partial charge in [0.15, 0.2) is 0 Å². The number of aliphatic hydroxyl groups excluding tert-OH is 1. The van der Waals surface area contributed by atoms with E-state index in [2.05, 4.69) is 23.5 Å². The molecular formula is C16H21NO2. The summed E-state index contributed by atoms with van der Waals surface area (Å²) in [4.78, 5) is 0. The highest BCUT2D eigenvalue weighted by atomic mass is 16.3. The predicted octanol–water partition coefficient (Wildman–Crippen LogP) is 3.11. The van der Waals surface area contributed by atoms with Gasteiger partial charge in [-0.3, -0.25) is 0 Å². The molecule has 2 rings (SSSR count). The number of aliphatic hydroxyl groups is 1. The molecule has 0 amide bonds. The summed E-state index contributed by atoms with van der Waals surface area (Å²) in [5, 5.41) is 12.7. The fourth-order valence-corrected chi connectivity index (χ4v) is 2.29. The highest BCUT2D eigenvalue weighted by Gasteiger charge is 2.12. The van der Waals surface area contributed by atoms with Gasteiger partial charge in [-0.1, -0.05) is 30.3 Å². The molecule has 2 aromatic rings. The fourth-order valence-electron chi connectivity index (χ4n) is 2.29. The first-order valence-electron chi connectivity index (χ1n) is 6.66. The zero-order valence-corrected chi connectivity index (χ0v) is 11.5. The number of nitrogens with one attached hydrogen (secondary N) is 1. The van der Waals surface area contributed by atoms with Crippen LogP contribution in [0.3, 0.4) is 0 Å². The van der Waals surface area contributed by atoms with Crippen molar-refractivity contribution in [2.75, 3.05) is 6.61 Å². The van der Waals surface area contributed by atoms with Gasteiger partial charge in [-0.25, -0.2) is 0 Å². The summed E-state index contributed by atoms with van der Waals surface area (Å²) >= 11 is 0. The summed E-state index contributed by atoms with van der Waals surface area (Å²) in [6.07, 6.45) is 0.708. The quantitative estimate of drug-likeness (QED) is 0.838. The van der Waals surface area contributed by atoms with E-state index in [0.29, 0.717) is 6.42 Å². The molecule has 0 unspecified atom stereocenters. The molecule has 1 aromatic carbocycles. The van der Waals surface area contributed by atoms with E-state index in [9.17, 15) is 5.11 Å². The Morgan fingerprint density at radius 1 is 1.21 bits per heavy atom. The molecule has 102 valence electrons. The molecule has 3 heteroatoms. The number of benzene rings is 1. The van der Waals surface area contributed by atoms with E-state index in [1.165, 1.54) is 11.1 Å². The summed E-state index contributed by atoms with van der Waals surface area (Å²) in [5.74, 6) is 1.90. The minimum Gasteiger partial charge on any atom is -0.466 e. The molecule has 0 saturated heterocycles. The first-order chi connectivity index (χ1) is 9.20. The average Bonchev–Trinajstić information content (AvgIpc) is 2.74. The first kappa shape index (κ1) is 13.8. The lowest BCUT2D eigenvalue weighted by atomic mass is 10.0. The number of hydrogen-bond acceptors (Lipinski definition) is 3. The van der Waals surface area contributed by atoms with Gasteiger partial charge in [0.05, 0.1) is 0 Å². The zero-order chi connectivity index (χ0) is 13.7. The lowest BCUT2D eigenvalue weighted by Crippen LogP contribution is -2.22. The number of aryl methyl sites for hydroxylation is 2. The fraction of sp³-hybridized carbons (Fsp3) is 0.375. The maximum atomic E-state index is 9.20. The van der Waals surface area contributed by atoms with Crippen LogP contribution >= 0.6 is 0 Å². The summed E-state index contributed by atoms with van der Waals surface area (Å²) in [6, 6.07) is 12.4. The minimum atomic E-state index is 0.167. The Labute approximate surface area is 114 Å². The standard InChI is InChI=1S/C16H21NO2/c1-12-10-15(13(2)19-12)11-17-16(8-9-18)14-6-4-3-5-7-14/h3-7,10,16-18H,8-9,11H2,1-2H3/t16-/m1/s1. The molecule has 0 bridgehead atoms. The Morgan fingerprint density at radius 3 is 2.53 bits per heavy atom. The molecule has 0 aliphatic rings. The molecule has 3 nitrogen and oxygen atoms in total. The van der Waals surface area contributed by atoms with Crippen molar-refractivity contribution in [3.63, 3.8) is 0 Å². The van der Waals surface area contributed by atoms with Crippen molar-refractivity contribution >= 4 is 0 Å². The van der Waals surface area contributed by atoms with Crippen molar-refractivity contribution in [1.82, 2.24) is 5.32 Å². The molecule has 1 heterocycles. The number of hydrogen-bond donors (Lipinski definition) is 2. The lowest BCUT2D eigenvalue weighted by Gasteiger charge is -2.18. The van der Waals surface area contributed by atoms with Gasteiger partial charge in [0.2, 0.25) is 0 Å². The van der Waals surface area contributed by atoms with Gasteiger partial charge < -0.3 is 14.8 Å². The Hall–Kier alpha value is -1.58. The van der Waals surface area contributed by atoms with Gasteiger partial charge in [-0.05, 0) is 31.9 Å². The molecule has 0 aliphatic carbocycles. The second-order valence-electron chi connectivity index (χ2n) is 4.79. The minimum absolute atomic E-state index is 0.167. The molecule has 0 aliphatic heterocycles. The van der Waals surface area contributed by atoms with Gasteiger partial charge in [0, 0.05) is 24.8 Å². The van der Waals surface area contributed by atoms with Crippen molar-refractivity contribution in [3.05, 3.63) is 59.0 Å². The van der Waals surface area contributed by atoms with E-state index >= 15 is 0 Å². The smallest absolute Gasteiger partial charge is 0.105 e. The normalized spacial score (nSPS) is 12.6. The van der Waals surface area contributed by atoms with Crippen LogP contribution in [0.2, 0.25) is 0 Å². The highest BCUT2D eigenvalue weighted by Crippen LogP contribution is 2.19. The van der Waals surface area contributed by atoms with Gasteiger partial charge in [0.1, 0.15) is 11.5 Å². The average molecular weight is 259 g/mol. The zero-order valence-electron chi connectivity index (χ0n) is 11.5. The van der Waals surface area contributed by atoms with Crippen LogP contribution in [0, 0.1) is 13.8 Å². The van der Waals surface area contributed by atoms with E-state index in [1.807, 2.05) is 32.0 Å². The highest BCUT2D eigenvalue weighted by molar-refractivity contribution is 5.22. The second kappa shape index (κ2) is 6.55. The van der Waals surface area contributed by atoms with Crippen molar-refractivity contribution in [2.24, 2.45) is 0 Å². The Kier molecular flexibility index (Phi) is 4.77. The third-order valence-corrected chi connectivity index (χ3v) is 3.30. The van der Waals surface area contributed by atoms with Crippen LogP contribution in [0.5, 0.6) is 0 Å². The molecule has 0 spiro atoms. The predicted molar refractivity (Wildman–Crippen MR) is 75.9 cm³/mol. The van der Waals surface area contributed by atoms with E-state index in [0.717, 1.165) is 18.1 Å². The maximum absolute atomic E-state index is 9.20. The van der Waals surface area contributed by atoms with E-state index in [1.54, 1.807) is 0 Å². The van der Waals surface area contributed by atoms with E-state index in [-0.39, 0.29) is 12.6 Å². The van der Waals surface area contributed by atoms with Gasteiger partial charge in [0.25, 0.3) is 0 Å². The second-order valence-corrected chi connectivity index (χ2v) is 4.79. The summed E-state index contributed by atoms with van der Waals surface area (Å²) in [6.45, 7) is 4.87.